The predicted octanol–water partition coefficient (Wildman–Crippen LogP) is 4.63. The van der Waals surface area contributed by atoms with Crippen LogP contribution < -0.4 is 5.32 Å². The molecule has 0 amide bonds. The Bertz CT molecular complexity index is 580. The van der Waals surface area contributed by atoms with Gasteiger partial charge < -0.3 is 10.2 Å². The summed E-state index contributed by atoms with van der Waals surface area (Å²) in [6.45, 7) is 12.1. The lowest BCUT2D eigenvalue weighted by Crippen LogP contribution is -2.35. The Morgan fingerprint density at radius 3 is 2.57 bits per heavy atom. The van der Waals surface area contributed by atoms with Crippen molar-refractivity contribution in [2.45, 2.75) is 52.7 Å². The van der Waals surface area contributed by atoms with E-state index < -0.39 is 0 Å². The minimum absolute atomic E-state index is 0.156. The van der Waals surface area contributed by atoms with E-state index in [9.17, 15) is 0 Å². The lowest BCUT2D eigenvalue weighted by molar-refractivity contribution is 0.327. The Kier molecular flexibility index (Phi) is 5.42. The molecule has 2 aromatic rings. The first-order valence-electron chi connectivity index (χ1n) is 7.83. The van der Waals surface area contributed by atoms with Crippen molar-refractivity contribution in [3.63, 3.8) is 0 Å². The number of rotatable bonds is 6. The highest BCUT2D eigenvalue weighted by molar-refractivity contribution is 7.19. The van der Waals surface area contributed by atoms with Gasteiger partial charge in [0.05, 0.1) is 0 Å². The van der Waals surface area contributed by atoms with Gasteiger partial charge in [-0.3, -0.25) is 0 Å². The lowest BCUT2D eigenvalue weighted by atomic mass is 10.1. The van der Waals surface area contributed by atoms with Crippen molar-refractivity contribution >= 4 is 21.4 Å². The van der Waals surface area contributed by atoms with E-state index in [0.717, 1.165) is 19.6 Å². The highest BCUT2D eigenvalue weighted by atomic mass is 32.1. The van der Waals surface area contributed by atoms with E-state index in [-0.39, 0.29) is 5.54 Å². The molecule has 0 aliphatic rings. The van der Waals surface area contributed by atoms with Crippen LogP contribution in [0.2, 0.25) is 0 Å². The number of fused-ring (bicyclic) bond motifs is 1. The molecule has 0 bridgehead atoms. The highest BCUT2D eigenvalue weighted by Crippen LogP contribution is 2.32. The van der Waals surface area contributed by atoms with Crippen LogP contribution in [-0.2, 0) is 13.1 Å². The van der Waals surface area contributed by atoms with E-state index in [1.165, 1.54) is 26.9 Å². The summed E-state index contributed by atoms with van der Waals surface area (Å²) in [6, 6.07) is 8.80. The molecule has 0 aliphatic heterocycles. The van der Waals surface area contributed by atoms with Crippen LogP contribution in [-0.4, -0.2) is 24.0 Å². The number of hydrogen-bond acceptors (Lipinski definition) is 3. The van der Waals surface area contributed by atoms with E-state index in [4.69, 9.17) is 0 Å². The van der Waals surface area contributed by atoms with Crippen LogP contribution >= 0.6 is 11.3 Å². The molecule has 0 radical (unpaired) electrons. The molecular formula is C18H28N2S. The van der Waals surface area contributed by atoms with Gasteiger partial charge >= 0.3 is 0 Å². The van der Waals surface area contributed by atoms with Crippen molar-refractivity contribution < 1.29 is 0 Å². The van der Waals surface area contributed by atoms with Gasteiger partial charge in [-0.15, -0.1) is 11.3 Å². The van der Waals surface area contributed by atoms with Gasteiger partial charge in [-0.2, -0.15) is 0 Å². The van der Waals surface area contributed by atoms with Crippen LogP contribution in [0.1, 0.15) is 44.6 Å². The van der Waals surface area contributed by atoms with Gasteiger partial charge in [-0.25, -0.2) is 0 Å². The Hall–Kier alpha value is -0.900. The van der Waals surface area contributed by atoms with Crippen LogP contribution in [0.15, 0.2) is 24.3 Å². The van der Waals surface area contributed by atoms with Crippen LogP contribution in [0.5, 0.6) is 0 Å². The van der Waals surface area contributed by atoms with E-state index >= 15 is 0 Å². The van der Waals surface area contributed by atoms with Gasteiger partial charge in [-0.1, -0.05) is 25.1 Å². The molecule has 2 rings (SSSR count). The van der Waals surface area contributed by atoms with Crippen LogP contribution in [0, 0.1) is 0 Å². The minimum Gasteiger partial charge on any atom is -0.307 e. The second-order valence-electron chi connectivity index (χ2n) is 6.84. The van der Waals surface area contributed by atoms with Crippen molar-refractivity contribution in [2.75, 3.05) is 13.6 Å². The molecule has 1 aromatic heterocycles. The van der Waals surface area contributed by atoms with Gasteiger partial charge in [0.25, 0.3) is 0 Å². The second-order valence-corrected chi connectivity index (χ2v) is 7.98. The van der Waals surface area contributed by atoms with Crippen molar-refractivity contribution in [1.82, 2.24) is 10.2 Å². The number of benzene rings is 1. The highest BCUT2D eigenvalue weighted by Gasteiger charge is 2.16. The average molecular weight is 305 g/mol. The molecule has 1 aromatic carbocycles. The van der Waals surface area contributed by atoms with Crippen molar-refractivity contribution in [3.05, 3.63) is 34.7 Å². The summed E-state index contributed by atoms with van der Waals surface area (Å²) < 4.78 is 1.41. The van der Waals surface area contributed by atoms with Crippen molar-refractivity contribution in [2.24, 2.45) is 0 Å². The zero-order chi connectivity index (χ0) is 15.5. The number of nitrogens with one attached hydrogen (secondary N) is 1. The Labute approximate surface area is 133 Å². The molecule has 3 heteroatoms. The summed E-state index contributed by atoms with van der Waals surface area (Å²) in [5.41, 5.74) is 1.66. The van der Waals surface area contributed by atoms with E-state index in [1.807, 2.05) is 11.3 Å². The van der Waals surface area contributed by atoms with Gasteiger partial charge in [-0.05, 0) is 57.8 Å². The fourth-order valence-corrected chi connectivity index (χ4v) is 3.70. The average Bonchev–Trinajstić information content (AvgIpc) is 2.74. The summed E-state index contributed by atoms with van der Waals surface area (Å²) in [5.74, 6) is 0. The van der Waals surface area contributed by atoms with Gasteiger partial charge in [0.2, 0.25) is 0 Å². The number of thiophene rings is 1. The maximum Gasteiger partial charge on any atom is 0.0349 e. The molecule has 1 heterocycles. The van der Waals surface area contributed by atoms with E-state index in [0.29, 0.717) is 0 Å². The Balaban J connectivity index is 2.29. The van der Waals surface area contributed by atoms with Gasteiger partial charge in [0.1, 0.15) is 0 Å². The van der Waals surface area contributed by atoms with Crippen LogP contribution in [0.25, 0.3) is 10.1 Å². The first kappa shape index (κ1) is 16.5. The molecule has 0 saturated heterocycles. The number of nitrogens with zero attached hydrogens (tertiary/aromatic N) is 1. The largest absolute Gasteiger partial charge is 0.307 e. The van der Waals surface area contributed by atoms with Crippen molar-refractivity contribution in [3.8, 4) is 0 Å². The topological polar surface area (TPSA) is 15.3 Å². The molecule has 0 atom stereocenters. The summed E-state index contributed by atoms with van der Waals surface area (Å²) in [7, 11) is 2.22. The molecule has 0 fully saturated rings. The summed E-state index contributed by atoms with van der Waals surface area (Å²) in [4.78, 5) is 3.91. The fourth-order valence-electron chi connectivity index (χ4n) is 2.54. The third kappa shape index (κ3) is 4.53. The first-order valence-corrected chi connectivity index (χ1v) is 8.65. The van der Waals surface area contributed by atoms with Crippen LogP contribution in [0.3, 0.4) is 0 Å². The molecular weight excluding hydrogens is 276 g/mol. The predicted molar refractivity (Wildman–Crippen MR) is 95.0 cm³/mol. The minimum atomic E-state index is 0.156. The summed E-state index contributed by atoms with van der Waals surface area (Å²) in [6.07, 6.45) is 1.20. The van der Waals surface area contributed by atoms with Gasteiger partial charge in [0.15, 0.2) is 0 Å². The molecule has 21 heavy (non-hydrogen) atoms. The van der Waals surface area contributed by atoms with Crippen molar-refractivity contribution in [1.29, 1.82) is 0 Å². The van der Waals surface area contributed by atoms with Gasteiger partial charge in [0, 0.05) is 28.2 Å². The first-order chi connectivity index (χ1) is 9.90. The molecule has 0 unspecified atom stereocenters. The van der Waals surface area contributed by atoms with Crippen LogP contribution in [0.4, 0.5) is 0 Å². The second kappa shape index (κ2) is 6.91. The quantitative estimate of drug-likeness (QED) is 0.837. The normalized spacial score (nSPS) is 12.5. The maximum absolute atomic E-state index is 3.64. The zero-order valence-electron chi connectivity index (χ0n) is 14.0. The Morgan fingerprint density at radius 2 is 1.90 bits per heavy atom. The molecule has 0 saturated carbocycles. The SMILES string of the molecule is CCCN(C)Cc1c(CNC(C)(C)C)sc2ccccc12. The zero-order valence-corrected chi connectivity index (χ0v) is 14.8. The van der Waals surface area contributed by atoms with E-state index in [1.54, 1.807) is 0 Å². The van der Waals surface area contributed by atoms with E-state index in [2.05, 4.69) is 69.2 Å². The smallest absolute Gasteiger partial charge is 0.0349 e. The summed E-state index contributed by atoms with van der Waals surface area (Å²) in [5, 5.41) is 5.06. The molecule has 116 valence electrons. The monoisotopic (exact) mass is 304 g/mol. The number of hydrogen-bond donors (Lipinski definition) is 1. The molecule has 1 N–H and O–H groups in total. The third-order valence-corrected chi connectivity index (χ3v) is 4.81. The maximum atomic E-state index is 3.64. The molecule has 0 spiro atoms. The molecule has 0 aliphatic carbocycles. The lowest BCUT2D eigenvalue weighted by Gasteiger charge is -2.21. The standard InChI is InChI=1S/C18H28N2S/c1-6-11-20(5)13-15-14-9-7-8-10-16(14)21-17(15)12-19-18(2,3)4/h7-10,19H,6,11-13H2,1-5H3. The summed E-state index contributed by atoms with van der Waals surface area (Å²) >= 11 is 1.94. The Morgan fingerprint density at radius 1 is 1.19 bits per heavy atom. The molecule has 2 nitrogen and oxygen atoms in total. The third-order valence-electron chi connectivity index (χ3n) is 3.59. The fraction of sp³-hybridized carbons (Fsp3) is 0.556.